The Morgan fingerprint density at radius 2 is 2.05 bits per heavy atom. The monoisotopic (exact) mass is 307 g/mol. The maximum atomic E-state index is 12.1. The Balaban J connectivity index is 2.14. The van der Waals surface area contributed by atoms with Crippen molar-refractivity contribution >= 4 is 17.1 Å². The number of hydrogen-bond donors (Lipinski definition) is 0. The second-order valence-electron chi connectivity index (χ2n) is 6.77. The van der Waals surface area contributed by atoms with E-state index in [0.717, 1.165) is 35.1 Å². The van der Waals surface area contributed by atoms with Gasteiger partial charge < -0.3 is 9.29 Å². The van der Waals surface area contributed by atoms with Crippen LogP contribution in [0.4, 0.5) is 0 Å². The Morgan fingerprint density at radius 1 is 1.38 bits per heavy atom. The van der Waals surface area contributed by atoms with Gasteiger partial charge in [-0.1, -0.05) is 16.5 Å². The number of benzene rings is 1. The molecule has 0 N–H and O–H groups in total. The fourth-order valence-electron chi connectivity index (χ4n) is 1.79. The van der Waals surface area contributed by atoms with Crippen LogP contribution in [-0.4, -0.2) is 21.6 Å². The molecule has 0 heterocycles. The van der Waals surface area contributed by atoms with Gasteiger partial charge in [0, 0.05) is 5.56 Å². The van der Waals surface area contributed by atoms with Gasteiger partial charge in [0.15, 0.2) is 0 Å². The number of ether oxygens (including phenoxy) is 1. The molecule has 0 aromatic heterocycles. The zero-order chi connectivity index (χ0) is 15.6. The first-order valence-corrected chi connectivity index (χ1v) is 8.59. The highest BCUT2D eigenvalue weighted by Crippen LogP contribution is 2.30. The molecule has 21 heavy (non-hydrogen) atoms. The van der Waals surface area contributed by atoms with Crippen LogP contribution in [0, 0.1) is 12.8 Å². The van der Waals surface area contributed by atoms with Crippen molar-refractivity contribution in [3.05, 3.63) is 29.3 Å². The van der Waals surface area contributed by atoms with E-state index in [4.69, 9.17) is 4.74 Å². The molecule has 1 aliphatic rings. The van der Waals surface area contributed by atoms with Crippen molar-refractivity contribution in [1.82, 2.24) is 0 Å². The van der Waals surface area contributed by atoms with Gasteiger partial charge in [-0.15, -0.1) is 0 Å². The summed E-state index contributed by atoms with van der Waals surface area (Å²) in [6.07, 6.45) is 2.56. The third kappa shape index (κ3) is 4.75. The van der Waals surface area contributed by atoms with Crippen molar-refractivity contribution in [3.63, 3.8) is 0 Å². The maximum Gasteiger partial charge on any atom is 0.144 e. The van der Waals surface area contributed by atoms with Gasteiger partial charge in [-0.05, 0) is 65.0 Å². The van der Waals surface area contributed by atoms with E-state index in [1.165, 1.54) is 12.8 Å². The first-order valence-electron chi connectivity index (χ1n) is 7.48. The summed E-state index contributed by atoms with van der Waals surface area (Å²) in [7, 11) is 0. The fourth-order valence-corrected chi connectivity index (χ4v) is 2.41. The number of rotatable bonds is 5. The van der Waals surface area contributed by atoms with E-state index in [2.05, 4.69) is 4.40 Å². The van der Waals surface area contributed by atoms with Crippen LogP contribution in [0.2, 0.25) is 0 Å². The molecule has 2 rings (SSSR count). The van der Waals surface area contributed by atoms with Crippen LogP contribution in [0.25, 0.3) is 0 Å². The summed E-state index contributed by atoms with van der Waals surface area (Å²) in [5, 5.41) is 0. The highest BCUT2D eigenvalue weighted by atomic mass is 32.2. The van der Waals surface area contributed by atoms with E-state index in [9.17, 15) is 4.55 Å². The SMILES string of the molecule is CC(=N[S@@+]([O-])C(C)(C)C)c1ccc(C)c(OCC2CC2)c1. The molecule has 0 bridgehead atoms. The summed E-state index contributed by atoms with van der Waals surface area (Å²) in [5.74, 6) is 1.65. The van der Waals surface area contributed by atoms with Crippen LogP contribution >= 0.6 is 0 Å². The van der Waals surface area contributed by atoms with E-state index < -0.39 is 11.4 Å². The Hall–Kier alpha value is -1.00. The molecule has 3 nitrogen and oxygen atoms in total. The Kier molecular flexibility index (Phi) is 4.99. The minimum absolute atomic E-state index is 0.336. The lowest BCUT2D eigenvalue weighted by molar-refractivity contribution is 0.298. The average Bonchev–Trinajstić information content (AvgIpc) is 3.20. The van der Waals surface area contributed by atoms with Crippen molar-refractivity contribution in [2.45, 2.75) is 52.2 Å². The molecule has 1 atom stereocenters. The molecule has 1 saturated carbocycles. The Bertz CT molecular complexity index is 530. The predicted octanol–water partition coefficient (Wildman–Crippen LogP) is 4.06. The van der Waals surface area contributed by atoms with Gasteiger partial charge in [0.25, 0.3) is 0 Å². The van der Waals surface area contributed by atoms with Crippen molar-refractivity contribution in [2.75, 3.05) is 6.61 Å². The first kappa shape index (κ1) is 16.4. The van der Waals surface area contributed by atoms with Crippen molar-refractivity contribution in [2.24, 2.45) is 10.3 Å². The standard InChI is InChI=1S/C17H25NO2S/c1-12-6-9-15(10-16(12)20-11-14-7-8-14)13(2)18-21(19)17(3,4)5/h6,9-10,14H,7-8,11H2,1-5H3/t21-/m0/s1. The second kappa shape index (κ2) is 6.41. The van der Waals surface area contributed by atoms with Crippen molar-refractivity contribution in [3.8, 4) is 5.75 Å². The minimum atomic E-state index is -1.23. The summed E-state index contributed by atoms with van der Waals surface area (Å²) in [5.41, 5.74) is 2.90. The third-order valence-electron chi connectivity index (χ3n) is 3.52. The maximum absolute atomic E-state index is 12.1. The number of hydrogen-bond acceptors (Lipinski definition) is 3. The zero-order valence-corrected chi connectivity index (χ0v) is 14.4. The van der Waals surface area contributed by atoms with Crippen molar-refractivity contribution < 1.29 is 9.29 Å². The van der Waals surface area contributed by atoms with Gasteiger partial charge in [0.2, 0.25) is 0 Å². The molecule has 4 heteroatoms. The molecule has 0 aliphatic heterocycles. The summed E-state index contributed by atoms with van der Waals surface area (Å²) in [4.78, 5) is 0. The van der Waals surface area contributed by atoms with Gasteiger partial charge in [-0.25, -0.2) is 0 Å². The van der Waals surface area contributed by atoms with Crippen LogP contribution < -0.4 is 4.74 Å². The van der Waals surface area contributed by atoms with E-state index >= 15 is 0 Å². The average molecular weight is 307 g/mol. The van der Waals surface area contributed by atoms with Crippen LogP contribution in [0.15, 0.2) is 22.6 Å². The van der Waals surface area contributed by atoms with Crippen LogP contribution in [0.1, 0.15) is 51.7 Å². The van der Waals surface area contributed by atoms with Crippen LogP contribution in [-0.2, 0) is 11.4 Å². The lowest BCUT2D eigenvalue weighted by Gasteiger charge is -2.19. The van der Waals surface area contributed by atoms with E-state index in [1.807, 2.05) is 52.8 Å². The lowest BCUT2D eigenvalue weighted by atomic mass is 10.1. The molecular weight excluding hydrogens is 282 g/mol. The van der Waals surface area contributed by atoms with Crippen LogP contribution in [0.3, 0.4) is 0 Å². The quantitative estimate of drug-likeness (QED) is 0.608. The normalized spacial score (nSPS) is 17.7. The van der Waals surface area contributed by atoms with Gasteiger partial charge in [0.1, 0.15) is 21.9 Å². The molecule has 1 aromatic rings. The smallest absolute Gasteiger partial charge is 0.144 e. The minimum Gasteiger partial charge on any atom is -0.591 e. The topological polar surface area (TPSA) is 44.7 Å². The Morgan fingerprint density at radius 3 is 2.62 bits per heavy atom. The van der Waals surface area contributed by atoms with Crippen LogP contribution in [0.5, 0.6) is 5.75 Å². The number of aryl methyl sites for hydroxylation is 1. The molecule has 0 unspecified atom stereocenters. The Labute approximate surface area is 131 Å². The zero-order valence-electron chi connectivity index (χ0n) is 13.6. The molecule has 0 amide bonds. The summed E-state index contributed by atoms with van der Waals surface area (Å²) in [6.45, 7) is 10.5. The van der Waals surface area contributed by atoms with Gasteiger partial charge >= 0.3 is 0 Å². The third-order valence-corrected chi connectivity index (χ3v) is 5.01. The molecular formula is C17H25NO2S. The lowest BCUT2D eigenvalue weighted by Crippen LogP contribution is -2.26. The second-order valence-corrected chi connectivity index (χ2v) is 8.68. The summed E-state index contributed by atoms with van der Waals surface area (Å²) in [6, 6.07) is 6.06. The van der Waals surface area contributed by atoms with Crippen molar-refractivity contribution in [1.29, 1.82) is 0 Å². The number of nitrogens with zero attached hydrogens (tertiary/aromatic N) is 1. The molecule has 1 aliphatic carbocycles. The van der Waals surface area contributed by atoms with Gasteiger partial charge in [-0.2, -0.15) is 0 Å². The fraction of sp³-hybridized carbons (Fsp3) is 0.588. The highest BCUT2D eigenvalue weighted by molar-refractivity contribution is 7.91. The molecule has 0 spiro atoms. The van der Waals surface area contributed by atoms with Gasteiger partial charge in [-0.3, -0.25) is 0 Å². The predicted molar refractivity (Wildman–Crippen MR) is 89.5 cm³/mol. The summed E-state index contributed by atoms with van der Waals surface area (Å²) >= 11 is -1.23. The van der Waals surface area contributed by atoms with E-state index in [0.29, 0.717) is 0 Å². The highest BCUT2D eigenvalue weighted by Gasteiger charge is 2.27. The summed E-state index contributed by atoms with van der Waals surface area (Å²) < 4.78 is 22.0. The molecule has 1 fully saturated rings. The van der Waals surface area contributed by atoms with E-state index in [-0.39, 0.29) is 4.75 Å². The molecule has 0 saturated heterocycles. The first-order chi connectivity index (χ1) is 9.77. The molecule has 0 radical (unpaired) electrons. The molecule has 1 aromatic carbocycles. The largest absolute Gasteiger partial charge is 0.591 e. The molecule has 116 valence electrons. The van der Waals surface area contributed by atoms with E-state index in [1.54, 1.807) is 0 Å². The van der Waals surface area contributed by atoms with Gasteiger partial charge in [0.05, 0.1) is 12.3 Å².